The molecule has 0 unspecified atom stereocenters. The van der Waals surface area contributed by atoms with Crippen LogP contribution < -0.4 is 10.6 Å². The maximum Gasteiger partial charge on any atom is 0.257 e. The van der Waals surface area contributed by atoms with Crippen molar-refractivity contribution in [3.05, 3.63) is 53.9 Å². The third-order valence-corrected chi connectivity index (χ3v) is 3.29. The first-order valence-electron chi connectivity index (χ1n) is 7.56. The lowest BCUT2D eigenvalue weighted by Crippen LogP contribution is -2.17. The molecule has 7 heteroatoms. The summed E-state index contributed by atoms with van der Waals surface area (Å²) in [5, 5.41) is 5.59. The summed E-state index contributed by atoms with van der Waals surface area (Å²) in [6.07, 6.45) is 3.96. The smallest absolute Gasteiger partial charge is 0.257 e. The summed E-state index contributed by atoms with van der Waals surface area (Å²) in [7, 11) is 4.00. The fourth-order valence-electron chi connectivity index (χ4n) is 2.07. The van der Waals surface area contributed by atoms with Gasteiger partial charge in [0.05, 0.1) is 16.9 Å². The van der Waals surface area contributed by atoms with Crippen LogP contribution in [0.5, 0.6) is 0 Å². The molecule has 0 aliphatic rings. The molecule has 0 bridgehead atoms. The molecule has 5 nitrogen and oxygen atoms in total. The molecule has 2 N–H and O–H groups in total. The van der Waals surface area contributed by atoms with Gasteiger partial charge in [-0.2, -0.15) is 0 Å². The predicted octanol–water partition coefficient (Wildman–Crippen LogP) is 2.98. The molecule has 2 rings (SSSR count). The second kappa shape index (κ2) is 8.35. The van der Waals surface area contributed by atoms with E-state index in [0.29, 0.717) is 5.69 Å². The lowest BCUT2D eigenvalue weighted by atomic mass is 10.2. The highest BCUT2D eigenvalue weighted by atomic mass is 19.1. The van der Waals surface area contributed by atoms with E-state index in [1.165, 1.54) is 12.3 Å². The van der Waals surface area contributed by atoms with E-state index in [0.717, 1.165) is 31.6 Å². The van der Waals surface area contributed by atoms with Crippen LogP contribution >= 0.6 is 0 Å². The first-order valence-corrected chi connectivity index (χ1v) is 7.56. The normalized spacial score (nSPS) is 10.7. The molecule has 0 spiro atoms. The topological polar surface area (TPSA) is 57.3 Å². The van der Waals surface area contributed by atoms with E-state index in [9.17, 15) is 13.6 Å². The van der Waals surface area contributed by atoms with Crippen molar-refractivity contribution in [3.63, 3.8) is 0 Å². The Morgan fingerprint density at radius 3 is 2.71 bits per heavy atom. The van der Waals surface area contributed by atoms with E-state index in [2.05, 4.69) is 20.5 Å². The lowest BCUT2D eigenvalue weighted by molar-refractivity contribution is 0.102. The van der Waals surface area contributed by atoms with Gasteiger partial charge in [0.2, 0.25) is 0 Å². The van der Waals surface area contributed by atoms with Crippen molar-refractivity contribution >= 4 is 17.3 Å². The second-order valence-electron chi connectivity index (χ2n) is 5.62. The SMILES string of the molecule is CN(C)CCCNc1cncc(C(=O)Nc2ccc(F)cc2F)c1. The maximum atomic E-state index is 13.6. The van der Waals surface area contributed by atoms with E-state index in [-0.39, 0.29) is 11.3 Å². The van der Waals surface area contributed by atoms with E-state index < -0.39 is 17.5 Å². The molecular weight excluding hydrogens is 314 g/mol. The van der Waals surface area contributed by atoms with Gasteiger partial charge in [-0.3, -0.25) is 9.78 Å². The molecule has 0 fully saturated rings. The quantitative estimate of drug-likeness (QED) is 0.765. The predicted molar refractivity (Wildman–Crippen MR) is 90.2 cm³/mol. The molecule has 24 heavy (non-hydrogen) atoms. The van der Waals surface area contributed by atoms with Gasteiger partial charge in [-0.05, 0) is 45.3 Å². The fourth-order valence-corrected chi connectivity index (χ4v) is 2.07. The summed E-state index contributed by atoms with van der Waals surface area (Å²) in [5.74, 6) is -2.03. The number of hydrogen-bond acceptors (Lipinski definition) is 4. The summed E-state index contributed by atoms with van der Waals surface area (Å²) < 4.78 is 26.5. The first-order chi connectivity index (χ1) is 11.5. The zero-order chi connectivity index (χ0) is 17.5. The molecule has 1 amide bonds. The van der Waals surface area contributed by atoms with Gasteiger partial charge in [0.1, 0.15) is 11.6 Å². The molecule has 1 aromatic carbocycles. The average molecular weight is 334 g/mol. The van der Waals surface area contributed by atoms with Crippen LogP contribution in [-0.4, -0.2) is 43.0 Å². The molecule has 1 heterocycles. The summed E-state index contributed by atoms with van der Waals surface area (Å²) >= 11 is 0. The van der Waals surface area contributed by atoms with Gasteiger partial charge in [0, 0.05) is 25.0 Å². The van der Waals surface area contributed by atoms with Gasteiger partial charge in [0.25, 0.3) is 5.91 Å². The Labute approximate surface area is 139 Å². The van der Waals surface area contributed by atoms with Crippen LogP contribution in [0.15, 0.2) is 36.7 Å². The van der Waals surface area contributed by atoms with Crippen LogP contribution in [0.1, 0.15) is 16.8 Å². The summed E-state index contributed by atoms with van der Waals surface area (Å²) in [5.41, 5.74) is 0.920. The number of hydrogen-bond donors (Lipinski definition) is 2. The number of pyridine rings is 1. The van der Waals surface area contributed by atoms with Crippen LogP contribution in [-0.2, 0) is 0 Å². The molecule has 0 atom stereocenters. The molecule has 0 aliphatic heterocycles. The Bertz CT molecular complexity index is 707. The number of nitrogens with one attached hydrogen (secondary N) is 2. The van der Waals surface area contributed by atoms with Crippen LogP contribution in [0.2, 0.25) is 0 Å². The molecule has 0 aliphatic carbocycles. The van der Waals surface area contributed by atoms with Crippen LogP contribution in [0.4, 0.5) is 20.2 Å². The Balaban J connectivity index is 1.98. The summed E-state index contributed by atoms with van der Waals surface area (Å²) in [6.45, 7) is 1.70. The Hall–Kier alpha value is -2.54. The molecule has 2 aromatic rings. The van der Waals surface area contributed by atoms with E-state index in [4.69, 9.17) is 0 Å². The molecule has 0 saturated heterocycles. The van der Waals surface area contributed by atoms with Crippen molar-refractivity contribution < 1.29 is 13.6 Å². The standard InChI is InChI=1S/C17H20F2N4O/c1-23(2)7-3-6-21-14-8-12(10-20-11-14)17(24)22-16-5-4-13(18)9-15(16)19/h4-5,8-11,21H,3,6-7H2,1-2H3,(H,22,24). The highest BCUT2D eigenvalue weighted by molar-refractivity contribution is 6.04. The van der Waals surface area contributed by atoms with Crippen LogP contribution in [0, 0.1) is 11.6 Å². The van der Waals surface area contributed by atoms with Gasteiger partial charge >= 0.3 is 0 Å². The number of carbonyl (C=O) groups excluding carboxylic acids is 1. The van der Waals surface area contributed by atoms with Crippen molar-refractivity contribution in [1.29, 1.82) is 0 Å². The molecule has 1 aromatic heterocycles. The number of nitrogens with zero attached hydrogens (tertiary/aromatic N) is 2. The van der Waals surface area contributed by atoms with Crippen LogP contribution in [0.3, 0.4) is 0 Å². The minimum absolute atomic E-state index is 0.0780. The zero-order valence-electron chi connectivity index (χ0n) is 13.6. The largest absolute Gasteiger partial charge is 0.384 e. The van der Waals surface area contributed by atoms with Gasteiger partial charge in [-0.25, -0.2) is 8.78 Å². The molecule has 128 valence electrons. The van der Waals surface area contributed by atoms with Crippen molar-refractivity contribution in [1.82, 2.24) is 9.88 Å². The number of halogens is 2. The Morgan fingerprint density at radius 2 is 2.00 bits per heavy atom. The number of benzene rings is 1. The highest BCUT2D eigenvalue weighted by Gasteiger charge is 2.11. The van der Waals surface area contributed by atoms with Crippen molar-refractivity contribution in [2.45, 2.75) is 6.42 Å². The van der Waals surface area contributed by atoms with Gasteiger partial charge < -0.3 is 15.5 Å². The van der Waals surface area contributed by atoms with Gasteiger partial charge in [-0.1, -0.05) is 0 Å². The minimum Gasteiger partial charge on any atom is -0.384 e. The number of amides is 1. The van der Waals surface area contributed by atoms with Gasteiger partial charge in [-0.15, -0.1) is 0 Å². The summed E-state index contributed by atoms with van der Waals surface area (Å²) in [4.78, 5) is 18.3. The minimum atomic E-state index is -0.825. The monoisotopic (exact) mass is 334 g/mol. The maximum absolute atomic E-state index is 13.6. The van der Waals surface area contributed by atoms with E-state index in [1.807, 2.05) is 14.1 Å². The third kappa shape index (κ3) is 5.27. The Morgan fingerprint density at radius 1 is 1.21 bits per heavy atom. The first kappa shape index (κ1) is 17.8. The van der Waals surface area contributed by atoms with E-state index in [1.54, 1.807) is 12.3 Å². The second-order valence-corrected chi connectivity index (χ2v) is 5.62. The lowest BCUT2D eigenvalue weighted by Gasteiger charge is -2.11. The molecule has 0 saturated carbocycles. The van der Waals surface area contributed by atoms with E-state index >= 15 is 0 Å². The fraction of sp³-hybridized carbons (Fsp3) is 0.294. The molecular formula is C17H20F2N4O. The highest BCUT2D eigenvalue weighted by Crippen LogP contribution is 2.17. The number of aromatic nitrogens is 1. The van der Waals surface area contributed by atoms with Crippen molar-refractivity contribution in [2.24, 2.45) is 0 Å². The van der Waals surface area contributed by atoms with Crippen LogP contribution in [0.25, 0.3) is 0 Å². The molecule has 0 radical (unpaired) electrons. The number of carbonyl (C=O) groups is 1. The Kier molecular flexibility index (Phi) is 6.20. The van der Waals surface area contributed by atoms with Gasteiger partial charge in [0.15, 0.2) is 0 Å². The van der Waals surface area contributed by atoms with Crippen molar-refractivity contribution in [3.8, 4) is 0 Å². The summed E-state index contributed by atoms with van der Waals surface area (Å²) in [6, 6.07) is 4.62. The van der Waals surface area contributed by atoms with Crippen molar-refractivity contribution in [2.75, 3.05) is 37.8 Å². The number of rotatable bonds is 7. The third-order valence-electron chi connectivity index (χ3n) is 3.29. The zero-order valence-corrected chi connectivity index (χ0v) is 13.6. The number of anilines is 2. The average Bonchev–Trinajstić information content (AvgIpc) is 2.54.